The lowest BCUT2D eigenvalue weighted by Crippen LogP contribution is -2.48. The van der Waals surface area contributed by atoms with Crippen molar-refractivity contribution in [3.63, 3.8) is 0 Å². The largest absolute Gasteiger partial charge is 0.368 e. The zero-order chi connectivity index (χ0) is 18.4. The van der Waals surface area contributed by atoms with Gasteiger partial charge < -0.3 is 20.1 Å². The van der Waals surface area contributed by atoms with Gasteiger partial charge in [0.25, 0.3) is 0 Å². The highest BCUT2D eigenvalue weighted by Gasteiger charge is 2.19. The highest BCUT2D eigenvalue weighted by atomic mass is 16.5. The van der Waals surface area contributed by atoms with Gasteiger partial charge in [-0.25, -0.2) is 0 Å². The maximum absolute atomic E-state index is 12.1. The molecule has 0 saturated carbocycles. The highest BCUT2D eigenvalue weighted by Crippen LogP contribution is 1.98. The normalized spacial score (nSPS) is 14.3. The summed E-state index contributed by atoms with van der Waals surface area (Å²) in [6.07, 6.45) is 4.54. The second-order valence-electron chi connectivity index (χ2n) is 5.54. The van der Waals surface area contributed by atoms with Crippen molar-refractivity contribution in [2.75, 3.05) is 19.8 Å². The van der Waals surface area contributed by atoms with Crippen LogP contribution in [0.5, 0.6) is 0 Å². The Morgan fingerprint density at radius 1 is 1.00 bits per heavy atom. The third kappa shape index (κ3) is 10.2. The maximum atomic E-state index is 12.1. The van der Waals surface area contributed by atoms with Crippen LogP contribution in [0.4, 0.5) is 0 Å². The minimum absolute atomic E-state index is 0.146. The first-order valence-electron chi connectivity index (χ1n) is 8.49. The molecule has 0 aromatic rings. The topological polar surface area (TPSA) is 76.7 Å². The molecule has 0 unspecified atom stereocenters. The fourth-order valence-electron chi connectivity index (χ4n) is 1.79. The predicted molar refractivity (Wildman–Crippen MR) is 95.7 cm³/mol. The number of hydrogen-bond donors (Lipinski definition) is 2. The number of ether oxygens (including phenoxy) is 2. The molecule has 24 heavy (non-hydrogen) atoms. The Morgan fingerprint density at radius 2 is 1.50 bits per heavy atom. The highest BCUT2D eigenvalue weighted by molar-refractivity contribution is 5.81. The molecule has 3 atom stereocenters. The number of rotatable bonds is 14. The zero-order valence-corrected chi connectivity index (χ0v) is 15.2. The van der Waals surface area contributed by atoms with Crippen LogP contribution in [0.2, 0.25) is 0 Å². The molecular weight excluding hydrogens is 308 g/mol. The van der Waals surface area contributed by atoms with E-state index in [-0.39, 0.29) is 17.9 Å². The van der Waals surface area contributed by atoms with Gasteiger partial charge in [0.1, 0.15) is 12.2 Å². The van der Waals surface area contributed by atoms with Crippen LogP contribution >= 0.6 is 0 Å². The van der Waals surface area contributed by atoms with Gasteiger partial charge in [-0.2, -0.15) is 0 Å². The number of amides is 2. The van der Waals surface area contributed by atoms with Crippen LogP contribution in [-0.4, -0.2) is 49.8 Å². The summed E-state index contributed by atoms with van der Waals surface area (Å²) in [5, 5.41) is 5.68. The summed E-state index contributed by atoms with van der Waals surface area (Å²) in [7, 11) is 0. The first-order valence-corrected chi connectivity index (χ1v) is 8.49. The van der Waals surface area contributed by atoms with E-state index < -0.39 is 12.2 Å². The van der Waals surface area contributed by atoms with Crippen molar-refractivity contribution in [1.82, 2.24) is 10.6 Å². The fourth-order valence-corrected chi connectivity index (χ4v) is 1.79. The number of carbonyl (C=O) groups is 2. The summed E-state index contributed by atoms with van der Waals surface area (Å²) in [6.45, 7) is 13.9. The molecule has 0 bridgehead atoms. The lowest BCUT2D eigenvalue weighted by atomic mass is 10.2. The van der Waals surface area contributed by atoms with E-state index in [1.54, 1.807) is 26.0 Å². The minimum atomic E-state index is -0.532. The van der Waals surface area contributed by atoms with Crippen LogP contribution < -0.4 is 10.6 Å². The van der Waals surface area contributed by atoms with Crippen molar-refractivity contribution in [1.29, 1.82) is 0 Å². The molecule has 0 aliphatic heterocycles. The number of carbonyl (C=O) groups excluding carboxylic acids is 2. The van der Waals surface area contributed by atoms with E-state index in [9.17, 15) is 9.59 Å². The predicted octanol–water partition coefficient (Wildman–Crippen LogP) is 1.96. The molecule has 2 N–H and O–H groups in total. The van der Waals surface area contributed by atoms with Crippen LogP contribution in [0.3, 0.4) is 0 Å². The van der Waals surface area contributed by atoms with Crippen LogP contribution in [0.25, 0.3) is 0 Å². The van der Waals surface area contributed by atoms with E-state index in [4.69, 9.17) is 9.47 Å². The Hall–Kier alpha value is -1.66. The third-order valence-electron chi connectivity index (χ3n) is 3.48. The van der Waals surface area contributed by atoms with E-state index in [1.165, 1.54) is 0 Å². The molecule has 0 aliphatic carbocycles. The Labute approximate surface area is 145 Å². The molecule has 2 amide bonds. The van der Waals surface area contributed by atoms with Gasteiger partial charge in [-0.05, 0) is 33.1 Å². The molecule has 0 heterocycles. The molecular formula is C18H32N2O4. The smallest absolute Gasteiger partial charge is 0.249 e. The fraction of sp³-hybridized carbons (Fsp3) is 0.667. The Balaban J connectivity index is 4.16. The molecule has 0 aromatic heterocycles. The number of hydrogen-bond acceptors (Lipinski definition) is 4. The van der Waals surface area contributed by atoms with Crippen LogP contribution in [0.1, 0.15) is 40.0 Å². The molecule has 0 aromatic carbocycles. The van der Waals surface area contributed by atoms with Gasteiger partial charge in [-0.15, -0.1) is 13.2 Å². The van der Waals surface area contributed by atoms with Gasteiger partial charge in [-0.1, -0.05) is 19.1 Å². The van der Waals surface area contributed by atoms with Crippen molar-refractivity contribution in [2.45, 2.75) is 58.3 Å². The first kappa shape index (κ1) is 22.3. The summed E-state index contributed by atoms with van der Waals surface area (Å²) < 4.78 is 10.8. The monoisotopic (exact) mass is 340 g/mol. The standard InChI is InChI=1S/C18H32N2O4/c1-6-9-11-23-14(4)17(21)19-13-16(8-3)20-18(22)15(5)24-12-10-7-2/h6-7,14-16H,1-2,8-13H2,3-5H3,(H,19,21)(H,20,22)/t14-,15+,16-/m1/s1. The summed E-state index contributed by atoms with van der Waals surface area (Å²) in [5.41, 5.74) is 0. The summed E-state index contributed by atoms with van der Waals surface area (Å²) in [6, 6.07) is -0.146. The summed E-state index contributed by atoms with van der Waals surface area (Å²) in [5.74, 6) is -0.377. The molecule has 0 radical (unpaired) electrons. The van der Waals surface area contributed by atoms with Crippen molar-refractivity contribution in [3.05, 3.63) is 25.3 Å². The van der Waals surface area contributed by atoms with E-state index in [0.717, 1.165) is 0 Å². The van der Waals surface area contributed by atoms with Gasteiger partial charge in [-0.3, -0.25) is 9.59 Å². The molecule has 138 valence electrons. The number of nitrogens with one attached hydrogen (secondary N) is 2. The average Bonchev–Trinajstić information content (AvgIpc) is 2.58. The summed E-state index contributed by atoms with van der Waals surface area (Å²) >= 11 is 0. The quantitative estimate of drug-likeness (QED) is 0.374. The maximum Gasteiger partial charge on any atom is 0.249 e. The lowest BCUT2D eigenvalue weighted by molar-refractivity contribution is -0.134. The Kier molecular flexibility index (Phi) is 12.8. The van der Waals surface area contributed by atoms with Gasteiger partial charge in [0.05, 0.1) is 13.2 Å². The van der Waals surface area contributed by atoms with Crippen molar-refractivity contribution in [2.24, 2.45) is 0 Å². The molecule has 0 spiro atoms. The lowest BCUT2D eigenvalue weighted by Gasteiger charge is -2.21. The van der Waals surface area contributed by atoms with E-state index in [1.807, 2.05) is 6.92 Å². The second kappa shape index (κ2) is 13.7. The molecule has 6 nitrogen and oxygen atoms in total. The van der Waals surface area contributed by atoms with E-state index in [0.29, 0.717) is 39.0 Å². The molecule has 0 aliphatic rings. The second-order valence-corrected chi connectivity index (χ2v) is 5.54. The Morgan fingerprint density at radius 3 is 1.96 bits per heavy atom. The van der Waals surface area contributed by atoms with Gasteiger partial charge in [0, 0.05) is 12.6 Å². The van der Waals surface area contributed by atoms with Crippen molar-refractivity contribution >= 4 is 11.8 Å². The Bertz CT molecular complexity index is 398. The van der Waals surface area contributed by atoms with Crippen LogP contribution in [-0.2, 0) is 19.1 Å². The van der Waals surface area contributed by atoms with Gasteiger partial charge in [0.2, 0.25) is 11.8 Å². The molecule has 0 fully saturated rings. The van der Waals surface area contributed by atoms with E-state index >= 15 is 0 Å². The van der Waals surface area contributed by atoms with E-state index in [2.05, 4.69) is 23.8 Å². The first-order chi connectivity index (χ1) is 11.5. The van der Waals surface area contributed by atoms with Crippen LogP contribution in [0.15, 0.2) is 25.3 Å². The van der Waals surface area contributed by atoms with Crippen LogP contribution in [0, 0.1) is 0 Å². The molecule has 6 heteroatoms. The SMILES string of the molecule is C=CCCO[C@@H](C)C(=O)N[C@H](CC)CNC(=O)[C@@H](C)OCCC=C. The summed E-state index contributed by atoms with van der Waals surface area (Å²) in [4.78, 5) is 24.0. The third-order valence-corrected chi connectivity index (χ3v) is 3.48. The van der Waals surface area contributed by atoms with Gasteiger partial charge >= 0.3 is 0 Å². The van der Waals surface area contributed by atoms with Crippen molar-refractivity contribution < 1.29 is 19.1 Å². The zero-order valence-electron chi connectivity index (χ0n) is 15.2. The molecule has 0 saturated heterocycles. The van der Waals surface area contributed by atoms with Gasteiger partial charge in [0.15, 0.2) is 0 Å². The van der Waals surface area contributed by atoms with Crippen molar-refractivity contribution in [3.8, 4) is 0 Å². The average molecular weight is 340 g/mol. The minimum Gasteiger partial charge on any atom is -0.368 e. The molecule has 0 rings (SSSR count).